The van der Waals surface area contributed by atoms with E-state index in [-0.39, 0.29) is 12.1 Å². The Morgan fingerprint density at radius 2 is 1.44 bits per heavy atom. The van der Waals surface area contributed by atoms with Gasteiger partial charge in [0.2, 0.25) is 0 Å². The molecular weight excluding hydrogens is 340 g/mol. The third-order valence-corrected chi connectivity index (χ3v) is 5.95. The minimum Gasteiger partial charge on any atom is -0.462 e. The Morgan fingerprint density at radius 1 is 0.889 bits per heavy atom. The average Bonchev–Trinajstić information content (AvgIpc) is 3.37. The Labute approximate surface area is 166 Å². The van der Waals surface area contributed by atoms with Crippen molar-refractivity contribution in [3.8, 4) is 0 Å². The van der Waals surface area contributed by atoms with Crippen LogP contribution in [0.5, 0.6) is 0 Å². The van der Waals surface area contributed by atoms with Crippen molar-refractivity contribution in [2.75, 3.05) is 13.2 Å². The summed E-state index contributed by atoms with van der Waals surface area (Å²) in [5, 5.41) is 0. The molecular formula is C23H42O4. The Hall–Kier alpha value is -0.610. The maximum absolute atomic E-state index is 12.3. The van der Waals surface area contributed by atoms with Crippen LogP contribution in [0.4, 0.5) is 0 Å². The molecule has 0 spiro atoms. The molecule has 0 saturated carbocycles. The van der Waals surface area contributed by atoms with Gasteiger partial charge in [-0.2, -0.15) is 0 Å². The van der Waals surface area contributed by atoms with Crippen LogP contribution in [0.3, 0.4) is 0 Å². The summed E-state index contributed by atoms with van der Waals surface area (Å²) >= 11 is 0. The lowest BCUT2D eigenvalue weighted by molar-refractivity contribution is -0.150. The normalized spacial score (nSPS) is 22.6. The zero-order chi connectivity index (χ0) is 19.2. The number of ether oxygens (including phenoxy) is 3. The van der Waals surface area contributed by atoms with E-state index in [4.69, 9.17) is 14.2 Å². The second-order valence-corrected chi connectivity index (χ2v) is 8.41. The van der Waals surface area contributed by atoms with Gasteiger partial charge in [0.1, 0.15) is 6.10 Å². The van der Waals surface area contributed by atoms with Gasteiger partial charge in [-0.25, -0.2) is 0 Å². The quantitative estimate of drug-likeness (QED) is 0.259. The Bertz CT molecular complexity index is 353. The van der Waals surface area contributed by atoms with Crippen molar-refractivity contribution < 1.29 is 19.0 Å². The van der Waals surface area contributed by atoms with Crippen molar-refractivity contribution in [3.05, 3.63) is 0 Å². The van der Waals surface area contributed by atoms with Crippen LogP contribution in [0, 0.1) is 0 Å². The van der Waals surface area contributed by atoms with Crippen LogP contribution in [-0.2, 0) is 19.0 Å². The van der Waals surface area contributed by atoms with E-state index in [2.05, 4.69) is 6.92 Å². The molecule has 27 heavy (non-hydrogen) atoms. The van der Waals surface area contributed by atoms with Gasteiger partial charge >= 0.3 is 5.97 Å². The van der Waals surface area contributed by atoms with E-state index < -0.39 is 0 Å². The molecule has 2 atom stereocenters. The molecule has 2 saturated heterocycles. The van der Waals surface area contributed by atoms with Crippen molar-refractivity contribution >= 4 is 5.97 Å². The van der Waals surface area contributed by atoms with Crippen molar-refractivity contribution in [2.45, 2.75) is 128 Å². The van der Waals surface area contributed by atoms with Gasteiger partial charge in [0.25, 0.3) is 0 Å². The Balaban J connectivity index is 1.61. The van der Waals surface area contributed by atoms with Crippen molar-refractivity contribution in [2.24, 2.45) is 0 Å². The summed E-state index contributed by atoms with van der Waals surface area (Å²) in [4.78, 5) is 12.3. The van der Waals surface area contributed by atoms with Crippen molar-refractivity contribution in [1.29, 1.82) is 0 Å². The largest absolute Gasteiger partial charge is 0.462 e. The second-order valence-electron chi connectivity index (χ2n) is 8.41. The highest BCUT2D eigenvalue weighted by atomic mass is 16.5. The van der Waals surface area contributed by atoms with Crippen LogP contribution < -0.4 is 0 Å². The van der Waals surface area contributed by atoms with Gasteiger partial charge in [-0.1, -0.05) is 45.4 Å². The van der Waals surface area contributed by atoms with Gasteiger partial charge in [-0.3, -0.25) is 4.79 Å². The molecule has 0 aromatic carbocycles. The third kappa shape index (κ3) is 10.5. The van der Waals surface area contributed by atoms with E-state index in [0.717, 1.165) is 64.6 Å². The van der Waals surface area contributed by atoms with E-state index in [1.165, 1.54) is 44.9 Å². The van der Waals surface area contributed by atoms with Gasteiger partial charge in [0.15, 0.2) is 0 Å². The molecule has 4 nitrogen and oxygen atoms in total. The molecule has 0 N–H and O–H groups in total. The maximum atomic E-state index is 12.3. The van der Waals surface area contributed by atoms with Gasteiger partial charge in [-0.15, -0.1) is 0 Å². The molecule has 2 heterocycles. The lowest BCUT2D eigenvalue weighted by Gasteiger charge is -2.21. The number of carbonyl (C=O) groups is 1. The zero-order valence-electron chi connectivity index (χ0n) is 17.6. The zero-order valence-corrected chi connectivity index (χ0v) is 17.6. The summed E-state index contributed by atoms with van der Waals surface area (Å²) < 4.78 is 17.3. The SMILES string of the molecule is CCCCCCCCCC(=O)OC(CC[C@@H]1CCCO1)CC[C@@H]1CCCO1. The summed E-state index contributed by atoms with van der Waals surface area (Å²) in [6.45, 7) is 4.02. The highest BCUT2D eigenvalue weighted by Gasteiger charge is 2.23. The first-order chi connectivity index (χ1) is 13.3. The van der Waals surface area contributed by atoms with Gasteiger partial charge in [-0.05, 0) is 57.8 Å². The van der Waals surface area contributed by atoms with Gasteiger partial charge in [0, 0.05) is 19.6 Å². The van der Waals surface area contributed by atoms with Crippen LogP contribution in [0.2, 0.25) is 0 Å². The monoisotopic (exact) mass is 382 g/mol. The molecule has 0 aromatic heterocycles. The molecule has 0 bridgehead atoms. The number of unbranched alkanes of at least 4 members (excludes halogenated alkanes) is 6. The number of rotatable bonds is 15. The van der Waals surface area contributed by atoms with Crippen LogP contribution in [-0.4, -0.2) is 37.5 Å². The summed E-state index contributed by atoms with van der Waals surface area (Å²) in [6, 6.07) is 0. The van der Waals surface area contributed by atoms with Crippen LogP contribution in [0.15, 0.2) is 0 Å². The third-order valence-electron chi connectivity index (χ3n) is 5.95. The number of esters is 1. The van der Waals surface area contributed by atoms with E-state index in [0.29, 0.717) is 18.6 Å². The van der Waals surface area contributed by atoms with Crippen molar-refractivity contribution in [1.82, 2.24) is 0 Å². The summed E-state index contributed by atoms with van der Waals surface area (Å²) in [7, 11) is 0. The molecule has 0 amide bonds. The predicted molar refractivity (Wildman–Crippen MR) is 109 cm³/mol. The average molecular weight is 383 g/mol. The summed E-state index contributed by atoms with van der Waals surface area (Å²) in [5.74, 6) is -0.00626. The van der Waals surface area contributed by atoms with Gasteiger partial charge in [0.05, 0.1) is 12.2 Å². The predicted octanol–water partition coefficient (Wildman–Crippen LogP) is 5.96. The minimum absolute atomic E-state index is 0.00626. The maximum Gasteiger partial charge on any atom is 0.306 e. The molecule has 2 rings (SSSR count). The summed E-state index contributed by atoms with van der Waals surface area (Å²) in [5.41, 5.74) is 0. The number of carbonyl (C=O) groups excluding carboxylic acids is 1. The molecule has 2 fully saturated rings. The van der Waals surface area contributed by atoms with E-state index in [9.17, 15) is 4.79 Å². The molecule has 0 unspecified atom stereocenters. The smallest absolute Gasteiger partial charge is 0.306 e. The fourth-order valence-corrected chi connectivity index (χ4v) is 4.22. The summed E-state index contributed by atoms with van der Waals surface area (Å²) in [6.07, 6.45) is 18.5. The van der Waals surface area contributed by atoms with E-state index in [1.807, 2.05) is 0 Å². The highest BCUT2D eigenvalue weighted by Crippen LogP contribution is 2.24. The standard InChI is InChI=1S/C23H42O4/c1-2-3-4-5-6-7-8-13-23(24)27-22(16-14-20-11-9-18-25-20)17-15-21-12-10-19-26-21/h20-22H,2-19H2,1H3/t20-,21-/m0/s1. The van der Waals surface area contributed by atoms with Crippen LogP contribution >= 0.6 is 0 Å². The molecule has 0 aliphatic carbocycles. The fourth-order valence-electron chi connectivity index (χ4n) is 4.22. The number of hydrogen-bond acceptors (Lipinski definition) is 4. The first kappa shape index (κ1) is 22.7. The highest BCUT2D eigenvalue weighted by molar-refractivity contribution is 5.69. The van der Waals surface area contributed by atoms with Gasteiger partial charge < -0.3 is 14.2 Å². The Morgan fingerprint density at radius 3 is 1.96 bits per heavy atom. The molecule has 2 aliphatic heterocycles. The lowest BCUT2D eigenvalue weighted by Crippen LogP contribution is -2.22. The second kappa shape index (κ2) is 14.4. The molecule has 0 radical (unpaired) electrons. The number of hydrogen-bond donors (Lipinski definition) is 0. The van der Waals surface area contributed by atoms with Crippen molar-refractivity contribution in [3.63, 3.8) is 0 Å². The van der Waals surface area contributed by atoms with Crippen LogP contribution in [0.25, 0.3) is 0 Å². The first-order valence-electron chi connectivity index (χ1n) is 11.7. The van der Waals surface area contributed by atoms with E-state index in [1.54, 1.807) is 0 Å². The lowest BCUT2D eigenvalue weighted by atomic mass is 10.0. The molecule has 158 valence electrons. The van der Waals surface area contributed by atoms with Crippen LogP contribution in [0.1, 0.15) is 110 Å². The molecule has 0 aromatic rings. The Kier molecular flexibility index (Phi) is 12.1. The molecule has 4 heteroatoms. The fraction of sp³-hybridized carbons (Fsp3) is 0.957. The first-order valence-corrected chi connectivity index (χ1v) is 11.7. The topological polar surface area (TPSA) is 44.8 Å². The van der Waals surface area contributed by atoms with E-state index >= 15 is 0 Å². The minimum atomic E-state index is -0.00626. The molecule has 2 aliphatic rings.